The Morgan fingerprint density at radius 2 is 1.81 bits per heavy atom. The van der Waals surface area contributed by atoms with Gasteiger partial charge in [-0.1, -0.05) is 26.0 Å². The number of benzene rings is 1. The zero-order valence-corrected chi connectivity index (χ0v) is 15.0. The predicted molar refractivity (Wildman–Crippen MR) is 91.2 cm³/mol. The Hall–Kier alpha value is -0.890. The zero-order chi connectivity index (χ0) is 15.5. The van der Waals surface area contributed by atoms with Crippen molar-refractivity contribution in [3.05, 3.63) is 45.7 Å². The first-order valence-electron chi connectivity index (χ1n) is 6.47. The van der Waals surface area contributed by atoms with Crippen molar-refractivity contribution in [2.45, 2.75) is 30.6 Å². The molecule has 0 bridgehead atoms. The minimum atomic E-state index is -3.51. The average Bonchev–Trinajstić information content (AvgIpc) is 2.85. The third-order valence-corrected chi connectivity index (χ3v) is 6.23. The lowest BCUT2D eigenvalue weighted by molar-refractivity contribution is 0.589. The van der Waals surface area contributed by atoms with Gasteiger partial charge in [-0.05, 0) is 45.8 Å². The molecule has 0 amide bonds. The number of anilines is 1. The summed E-state index contributed by atoms with van der Waals surface area (Å²) in [5.74, 6) is 0. The highest BCUT2D eigenvalue weighted by Crippen LogP contribution is 2.27. The molecule has 0 saturated carbocycles. The summed E-state index contributed by atoms with van der Waals surface area (Å²) in [6, 6.07) is 11.1. The zero-order valence-electron chi connectivity index (χ0n) is 11.8. The van der Waals surface area contributed by atoms with Crippen LogP contribution in [0.25, 0.3) is 0 Å². The van der Waals surface area contributed by atoms with Crippen LogP contribution in [0.2, 0.25) is 0 Å². The first-order chi connectivity index (χ1) is 9.87. The molecule has 7 heteroatoms. The number of rotatable bonds is 6. The molecule has 0 unspecified atom stereocenters. The van der Waals surface area contributed by atoms with Gasteiger partial charge in [-0.2, -0.15) is 0 Å². The van der Waals surface area contributed by atoms with Crippen molar-refractivity contribution in [3.63, 3.8) is 0 Å². The lowest BCUT2D eigenvalue weighted by Gasteiger charge is -2.10. The van der Waals surface area contributed by atoms with E-state index in [1.807, 2.05) is 12.1 Å². The first kappa shape index (κ1) is 16.5. The Labute approximate surface area is 137 Å². The average molecular weight is 389 g/mol. The highest BCUT2D eigenvalue weighted by Gasteiger charge is 2.16. The van der Waals surface area contributed by atoms with Crippen LogP contribution in [0, 0.1) is 0 Å². The Morgan fingerprint density at radius 3 is 2.33 bits per heavy atom. The van der Waals surface area contributed by atoms with E-state index in [1.54, 1.807) is 24.3 Å². The molecule has 2 N–H and O–H groups in total. The van der Waals surface area contributed by atoms with Crippen molar-refractivity contribution < 1.29 is 8.42 Å². The molecule has 4 nitrogen and oxygen atoms in total. The molecule has 0 spiro atoms. The first-order valence-corrected chi connectivity index (χ1v) is 9.56. The van der Waals surface area contributed by atoms with Crippen molar-refractivity contribution in [1.29, 1.82) is 0 Å². The Bertz CT molecular complexity index is 694. The summed E-state index contributed by atoms with van der Waals surface area (Å²) in [6.45, 7) is 4.94. The van der Waals surface area contributed by atoms with Gasteiger partial charge in [0.1, 0.15) is 4.21 Å². The van der Waals surface area contributed by atoms with E-state index in [4.69, 9.17) is 0 Å². The van der Waals surface area contributed by atoms with Crippen molar-refractivity contribution in [2.24, 2.45) is 0 Å². The second-order valence-corrected chi connectivity index (χ2v) is 9.27. The molecule has 0 fully saturated rings. The molecule has 0 aliphatic heterocycles. The van der Waals surface area contributed by atoms with Gasteiger partial charge in [-0.15, -0.1) is 11.3 Å². The molecule has 0 aliphatic carbocycles. The summed E-state index contributed by atoms with van der Waals surface area (Å²) >= 11 is 4.45. The van der Waals surface area contributed by atoms with Crippen LogP contribution in [0.1, 0.15) is 19.4 Å². The molecule has 2 rings (SSSR count). The van der Waals surface area contributed by atoms with Gasteiger partial charge in [0.25, 0.3) is 10.0 Å². The molecule has 21 heavy (non-hydrogen) atoms. The fraction of sp³-hybridized carbons (Fsp3) is 0.286. The number of nitrogens with one attached hydrogen (secondary N) is 2. The largest absolute Gasteiger partial charge is 0.310 e. The van der Waals surface area contributed by atoms with E-state index in [0.29, 0.717) is 15.9 Å². The molecule has 1 heterocycles. The summed E-state index contributed by atoms with van der Waals surface area (Å²) in [7, 11) is -3.51. The van der Waals surface area contributed by atoms with Gasteiger partial charge in [0, 0.05) is 18.3 Å². The van der Waals surface area contributed by atoms with Gasteiger partial charge >= 0.3 is 0 Å². The molecule has 2 aromatic rings. The highest BCUT2D eigenvalue weighted by molar-refractivity contribution is 9.11. The molecule has 0 atom stereocenters. The summed E-state index contributed by atoms with van der Waals surface area (Å²) in [6.07, 6.45) is 0. The number of thiophene rings is 1. The maximum Gasteiger partial charge on any atom is 0.271 e. The van der Waals surface area contributed by atoms with Crippen LogP contribution in [-0.4, -0.2) is 14.5 Å². The summed E-state index contributed by atoms with van der Waals surface area (Å²) in [5.41, 5.74) is 1.68. The summed E-state index contributed by atoms with van der Waals surface area (Å²) in [4.78, 5) is 0. The Morgan fingerprint density at radius 1 is 1.14 bits per heavy atom. The quantitative estimate of drug-likeness (QED) is 0.790. The van der Waals surface area contributed by atoms with Gasteiger partial charge < -0.3 is 5.32 Å². The van der Waals surface area contributed by atoms with Crippen LogP contribution >= 0.6 is 27.3 Å². The molecule has 0 aliphatic rings. The molecule has 1 aromatic carbocycles. The lowest BCUT2D eigenvalue weighted by Crippen LogP contribution is -2.21. The SMILES string of the molecule is CC(C)NCc1ccc(NS(=O)(=O)c2ccc(Br)s2)cc1. The smallest absolute Gasteiger partial charge is 0.271 e. The topological polar surface area (TPSA) is 58.2 Å². The van der Waals surface area contributed by atoms with E-state index < -0.39 is 10.0 Å². The second kappa shape index (κ2) is 6.91. The molecular formula is C14H17BrN2O2S2. The molecular weight excluding hydrogens is 372 g/mol. The van der Waals surface area contributed by atoms with E-state index in [0.717, 1.165) is 15.9 Å². The minimum Gasteiger partial charge on any atom is -0.310 e. The second-order valence-electron chi connectivity index (χ2n) is 4.90. The number of hydrogen-bond acceptors (Lipinski definition) is 4. The van der Waals surface area contributed by atoms with E-state index in [2.05, 4.69) is 39.8 Å². The van der Waals surface area contributed by atoms with Gasteiger partial charge in [0.15, 0.2) is 0 Å². The monoisotopic (exact) mass is 388 g/mol. The third-order valence-electron chi connectivity index (χ3n) is 2.73. The molecule has 1 aromatic heterocycles. The molecule has 114 valence electrons. The normalized spacial score (nSPS) is 11.8. The van der Waals surface area contributed by atoms with Crippen LogP contribution < -0.4 is 10.0 Å². The Kier molecular flexibility index (Phi) is 5.43. The van der Waals surface area contributed by atoms with Crippen molar-refractivity contribution in [3.8, 4) is 0 Å². The van der Waals surface area contributed by atoms with E-state index >= 15 is 0 Å². The summed E-state index contributed by atoms with van der Waals surface area (Å²) < 4.78 is 28.0. The van der Waals surface area contributed by atoms with Crippen molar-refractivity contribution in [2.75, 3.05) is 4.72 Å². The fourth-order valence-electron chi connectivity index (χ4n) is 1.66. The maximum atomic E-state index is 12.2. The predicted octanol–water partition coefficient (Wildman–Crippen LogP) is 3.81. The number of sulfonamides is 1. The van der Waals surface area contributed by atoms with E-state index in [1.165, 1.54) is 11.3 Å². The molecule has 0 radical (unpaired) electrons. The molecule has 0 saturated heterocycles. The number of halogens is 1. The Balaban J connectivity index is 2.06. The van der Waals surface area contributed by atoms with Gasteiger partial charge in [-0.25, -0.2) is 8.42 Å². The van der Waals surface area contributed by atoms with Gasteiger partial charge in [0.2, 0.25) is 0 Å². The van der Waals surface area contributed by atoms with E-state index in [-0.39, 0.29) is 0 Å². The van der Waals surface area contributed by atoms with E-state index in [9.17, 15) is 8.42 Å². The van der Waals surface area contributed by atoms with Crippen LogP contribution in [0.15, 0.2) is 44.4 Å². The van der Waals surface area contributed by atoms with Crippen LogP contribution in [0.5, 0.6) is 0 Å². The van der Waals surface area contributed by atoms with Crippen LogP contribution in [0.3, 0.4) is 0 Å². The van der Waals surface area contributed by atoms with Crippen molar-refractivity contribution >= 4 is 43.0 Å². The minimum absolute atomic E-state index is 0.292. The maximum absolute atomic E-state index is 12.2. The van der Waals surface area contributed by atoms with Crippen molar-refractivity contribution in [1.82, 2.24) is 5.32 Å². The summed E-state index contributed by atoms with van der Waals surface area (Å²) in [5, 5.41) is 3.32. The van der Waals surface area contributed by atoms with Gasteiger partial charge in [-0.3, -0.25) is 4.72 Å². The third kappa shape index (κ3) is 4.81. The standard InChI is InChI=1S/C14H17BrN2O2S2/c1-10(2)16-9-11-3-5-12(6-4-11)17-21(18,19)14-8-7-13(15)20-14/h3-8,10,16-17H,9H2,1-2H3. The van der Waals surface area contributed by atoms with Gasteiger partial charge in [0.05, 0.1) is 3.79 Å². The number of hydrogen-bond donors (Lipinski definition) is 2. The highest BCUT2D eigenvalue weighted by atomic mass is 79.9. The van der Waals surface area contributed by atoms with Crippen LogP contribution in [0.4, 0.5) is 5.69 Å². The fourth-order valence-corrected chi connectivity index (χ4v) is 4.73. The lowest BCUT2D eigenvalue weighted by atomic mass is 10.2. The van der Waals surface area contributed by atoms with Crippen LogP contribution in [-0.2, 0) is 16.6 Å².